The highest BCUT2D eigenvalue weighted by molar-refractivity contribution is 6.09. The van der Waals surface area contributed by atoms with Gasteiger partial charge in [0.05, 0.1) is 23.8 Å². The molecular weight excluding hydrogens is 407 g/mol. The number of ketones is 1. The molecule has 1 amide bonds. The van der Waals surface area contributed by atoms with E-state index < -0.39 is 16.6 Å². The zero-order valence-electron chi connectivity index (χ0n) is 16.3. The first-order valence-electron chi connectivity index (χ1n) is 9.03. The number of carbonyl (C=O) groups is 2. The highest BCUT2D eigenvalue weighted by Crippen LogP contribution is 2.29. The molecule has 3 aromatic rings. The van der Waals surface area contributed by atoms with Gasteiger partial charge in [-0.05, 0) is 54.6 Å². The van der Waals surface area contributed by atoms with Gasteiger partial charge in [0.25, 0.3) is 11.6 Å². The Morgan fingerprint density at radius 3 is 2.19 bits per heavy atom. The molecule has 1 N–H and O–H groups in total. The molecule has 0 saturated heterocycles. The average molecular weight is 424 g/mol. The summed E-state index contributed by atoms with van der Waals surface area (Å²) >= 11 is 0. The maximum atomic E-state index is 13.0. The molecule has 3 rings (SSSR count). The molecule has 0 heterocycles. The number of amides is 1. The number of nitro groups is 1. The molecule has 0 unspecified atom stereocenters. The van der Waals surface area contributed by atoms with E-state index in [1.54, 1.807) is 0 Å². The van der Waals surface area contributed by atoms with Crippen molar-refractivity contribution in [1.82, 2.24) is 0 Å². The number of ether oxygens (including phenoxy) is 2. The van der Waals surface area contributed by atoms with Gasteiger partial charge in [0.1, 0.15) is 17.3 Å². The van der Waals surface area contributed by atoms with E-state index >= 15 is 0 Å². The van der Waals surface area contributed by atoms with E-state index in [0.29, 0.717) is 16.9 Å². The molecule has 0 aliphatic rings. The minimum Gasteiger partial charge on any atom is -0.494 e. The van der Waals surface area contributed by atoms with Gasteiger partial charge < -0.3 is 14.8 Å². The Morgan fingerprint density at radius 1 is 1.00 bits per heavy atom. The zero-order chi connectivity index (χ0) is 22.4. The number of methoxy groups -OCH3 is 1. The van der Waals surface area contributed by atoms with Gasteiger partial charge in [-0.25, -0.2) is 4.39 Å². The molecule has 31 heavy (non-hydrogen) atoms. The number of rotatable bonds is 8. The van der Waals surface area contributed by atoms with Crippen LogP contribution in [0, 0.1) is 15.9 Å². The van der Waals surface area contributed by atoms with Gasteiger partial charge in [0, 0.05) is 17.2 Å². The summed E-state index contributed by atoms with van der Waals surface area (Å²) in [5.74, 6) is -0.689. The summed E-state index contributed by atoms with van der Waals surface area (Å²) in [5, 5.41) is 13.4. The lowest BCUT2D eigenvalue weighted by molar-refractivity contribution is -0.384. The first-order valence-corrected chi connectivity index (χ1v) is 9.03. The van der Waals surface area contributed by atoms with Crippen molar-refractivity contribution in [3.05, 3.63) is 93.8 Å². The van der Waals surface area contributed by atoms with Gasteiger partial charge >= 0.3 is 0 Å². The molecule has 0 radical (unpaired) electrons. The molecule has 0 spiro atoms. The number of hydrogen-bond donors (Lipinski definition) is 1. The average Bonchev–Trinajstić information content (AvgIpc) is 2.78. The van der Waals surface area contributed by atoms with Crippen molar-refractivity contribution in [3.63, 3.8) is 0 Å². The Bertz CT molecular complexity index is 1110. The maximum absolute atomic E-state index is 13.0. The smallest absolute Gasteiger partial charge is 0.273 e. The van der Waals surface area contributed by atoms with Gasteiger partial charge in [0.15, 0.2) is 12.4 Å². The van der Waals surface area contributed by atoms with Gasteiger partial charge in [-0.3, -0.25) is 19.7 Å². The van der Waals surface area contributed by atoms with Gasteiger partial charge in [0.2, 0.25) is 0 Å². The SMILES string of the molecule is COc1cc([N+](=O)[O-])ccc1NC(=O)COc1ccc(C(=O)c2ccc(F)cc2)cc1. The molecule has 0 saturated carbocycles. The second-order valence-corrected chi connectivity index (χ2v) is 6.34. The lowest BCUT2D eigenvalue weighted by atomic mass is 10.0. The maximum Gasteiger partial charge on any atom is 0.273 e. The summed E-state index contributed by atoms with van der Waals surface area (Å²) in [7, 11) is 1.33. The molecule has 0 aliphatic carbocycles. The second-order valence-electron chi connectivity index (χ2n) is 6.34. The third-order valence-corrected chi connectivity index (χ3v) is 4.26. The summed E-state index contributed by atoms with van der Waals surface area (Å²) in [4.78, 5) is 34.8. The van der Waals surface area contributed by atoms with Crippen molar-refractivity contribution < 1.29 is 28.4 Å². The van der Waals surface area contributed by atoms with E-state index in [1.165, 1.54) is 73.8 Å². The van der Waals surface area contributed by atoms with E-state index in [9.17, 15) is 24.1 Å². The van der Waals surface area contributed by atoms with E-state index in [1.807, 2.05) is 0 Å². The Hall–Kier alpha value is -4.27. The lowest BCUT2D eigenvalue weighted by Crippen LogP contribution is -2.20. The quantitative estimate of drug-likeness (QED) is 0.333. The van der Waals surface area contributed by atoms with E-state index in [4.69, 9.17) is 9.47 Å². The number of hydrogen-bond acceptors (Lipinski definition) is 6. The molecule has 0 aliphatic heterocycles. The Kier molecular flexibility index (Phi) is 6.56. The van der Waals surface area contributed by atoms with Crippen LogP contribution in [-0.4, -0.2) is 30.3 Å². The fourth-order valence-corrected chi connectivity index (χ4v) is 2.70. The minimum absolute atomic E-state index is 0.145. The van der Waals surface area contributed by atoms with Crippen molar-refractivity contribution in [2.24, 2.45) is 0 Å². The molecule has 3 aromatic carbocycles. The minimum atomic E-state index is -0.568. The standard InChI is InChI=1S/C22H17FN2O6/c1-30-20-12-17(25(28)29)8-11-19(20)24-21(26)13-31-18-9-4-15(5-10-18)22(27)14-2-6-16(23)7-3-14/h2-12H,13H2,1H3,(H,24,26). The Morgan fingerprint density at radius 2 is 1.61 bits per heavy atom. The molecule has 0 atom stereocenters. The molecule has 8 nitrogen and oxygen atoms in total. The van der Waals surface area contributed by atoms with Crippen LogP contribution in [0.25, 0.3) is 0 Å². The van der Waals surface area contributed by atoms with E-state index in [-0.39, 0.29) is 29.5 Å². The number of non-ortho nitro benzene ring substituents is 1. The van der Waals surface area contributed by atoms with Gasteiger partial charge in [-0.1, -0.05) is 0 Å². The van der Waals surface area contributed by atoms with Gasteiger partial charge in [-0.2, -0.15) is 0 Å². The number of nitrogens with zero attached hydrogens (tertiary/aromatic N) is 1. The van der Waals surface area contributed by atoms with Crippen molar-refractivity contribution >= 4 is 23.1 Å². The number of benzene rings is 3. The Labute approximate surface area is 176 Å². The first-order chi connectivity index (χ1) is 14.9. The summed E-state index contributed by atoms with van der Waals surface area (Å²) in [6.45, 7) is -0.328. The zero-order valence-corrected chi connectivity index (χ0v) is 16.3. The van der Waals surface area contributed by atoms with Crippen LogP contribution in [-0.2, 0) is 4.79 Å². The highest BCUT2D eigenvalue weighted by Gasteiger charge is 2.14. The topological polar surface area (TPSA) is 108 Å². The van der Waals surface area contributed by atoms with Crippen molar-refractivity contribution in [2.45, 2.75) is 0 Å². The number of carbonyl (C=O) groups excluding carboxylic acids is 2. The van der Waals surface area contributed by atoms with Crippen molar-refractivity contribution in [2.75, 3.05) is 19.0 Å². The predicted octanol–water partition coefficient (Wildman–Crippen LogP) is 3.99. The summed E-state index contributed by atoms with van der Waals surface area (Å²) in [6.07, 6.45) is 0. The van der Waals surface area contributed by atoms with Crippen LogP contribution in [0.2, 0.25) is 0 Å². The van der Waals surface area contributed by atoms with Crippen LogP contribution in [0.15, 0.2) is 66.7 Å². The third kappa shape index (κ3) is 5.41. The van der Waals surface area contributed by atoms with Gasteiger partial charge in [-0.15, -0.1) is 0 Å². The van der Waals surface area contributed by atoms with Crippen molar-refractivity contribution in [1.29, 1.82) is 0 Å². The van der Waals surface area contributed by atoms with Crippen LogP contribution in [0.3, 0.4) is 0 Å². The number of halogens is 1. The molecule has 0 aromatic heterocycles. The van der Waals surface area contributed by atoms with Crippen LogP contribution in [0.4, 0.5) is 15.8 Å². The fraction of sp³-hybridized carbons (Fsp3) is 0.0909. The van der Waals surface area contributed by atoms with Crippen LogP contribution >= 0.6 is 0 Å². The number of nitrogens with one attached hydrogen (secondary N) is 1. The van der Waals surface area contributed by atoms with E-state index in [2.05, 4.69) is 5.32 Å². The fourth-order valence-electron chi connectivity index (χ4n) is 2.70. The third-order valence-electron chi connectivity index (χ3n) is 4.26. The molecular formula is C22H17FN2O6. The summed E-state index contributed by atoms with van der Waals surface area (Å²) < 4.78 is 23.5. The van der Waals surface area contributed by atoms with Crippen LogP contribution in [0.5, 0.6) is 11.5 Å². The monoisotopic (exact) mass is 424 g/mol. The second kappa shape index (κ2) is 9.49. The summed E-state index contributed by atoms with van der Waals surface area (Å²) in [5.41, 5.74) is 0.842. The first kappa shape index (κ1) is 21.4. The molecule has 9 heteroatoms. The normalized spacial score (nSPS) is 10.3. The lowest BCUT2D eigenvalue weighted by Gasteiger charge is -2.11. The van der Waals surface area contributed by atoms with E-state index in [0.717, 1.165) is 0 Å². The van der Waals surface area contributed by atoms with Crippen LogP contribution in [0.1, 0.15) is 15.9 Å². The number of anilines is 1. The molecule has 0 bridgehead atoms. The largest absolute Gasteiger partial charge is 0.494 e. The number of nitro benzene ring substituents is 1. The molecule has 158 valence electrons. The van der Waals surface area contributed by atoms with Crippen LogP contribution < -0.4 is 14.8 Å². The predicted molar refractivity (Wildman–Crippen MR) is 110 cm³/mol. The highest BCUT2D eigenvalue weighted by atomic mass is 19.1. The van der Waals surface area contributed by atoms with Crippen molar-refractivity contribution in [3.8, 4) is 11.5 Å². The Balaban J connectivity index is 1.59. The molecule has 0 fully saturated rings. The summed E-state index contributed by atoms with van der Waals surface area (Å²) in [6, 6.07) is 15.2.